The highest BCUT2D eigenvalue weighted by Gasteiger charge is 2.20. The Kier molecular flexibility index (Phi) is 5.41. The number of hydrogen-bond donors (Lipinski definition) is 0. The van der Waals surface area contributed by atoms with Crippen LogP contribution in [0.25, 0.3) is 111 Å². The fraction of sp³-hybridized carbons (Fsp3) is 0. The zero-order valence-corrected chi connectivity index (χ0v) is 32.4. The predicted molar refractivity (Wildman–Crippen MR) is 256 cm³/mol. The van der Waals surface area contributed by atoms with Gasteiger partial charge in [-0.05, 0) is 80.8 Å². The number of para-hydroxylation sites is 4. The van der Waals surface area contributed by atoms with E-state index in [4.69, 9.17) is 31.4 Å². The minimum Gasteiger partial charge on any atom is -0.278 e. The summed E-state index contributed by atoms with van der Waals surface area (Å²) in [5.41, 5.74) is 6.73. The van der Waals surface area contributed by atoms with Gasteiger partial charge in [0.1, 0.15) is 0 Å². The Morgan fingerprint density at radius 1 is 0.290 bits per heavy atom. The molecule has 0 radical (unpaired) electrons. The molecule has 0 aliphatic heterocycles. The maximum absolute atomic E-state index is 9.23. The predicted octanol–water partition coefficient (Wildman–Crippen LogP) is 14.4. The summed E-state index contributed by atoms with van der Waals surface area (Å²) in [6.07, 6.45) is 0. The van der Waals surface area contributed by atoms with E-state index >= 15 is 0 Å². The Hall–Kier alpha value is -8.41. The van der Waals surface area contributed by atoms with Crippen LogP contribution < -0.4 is 0 Å². The molecule has 0 N–H and O–H groups in total. The van der Waals surface area contributed by atoms with Crippen molar-refractivity contribution in [3.63, 3.8) is 0 Å². The van der Waals surface area contributed by atoms with Crippen LogP contribution in [-0.2, 0) is 0 Å². The third-order valence-corrected chi connectivity index (χ3v) is 10.9. The highest BCUT2D eigenvalue weighted by atomic mass is 15.3. The first kappa shape index (κ1) is 22.8. The molecule has 62 heavy (non-hydrogen) atoms. The topological polar surface area (TPSA) is 48.5 Å². The molecule has 12 aromatic rings. The van der Waals surface area contributed by atoms with Gasteiger partial charge in [0.05, 0.1) is 44.0 Å². The lowest BCUT2D eigenvalue weighted by Gasteiger charge is -2.13. The van der Waals surface area contributed by atoms with Gasteiger partial charge in [-0.2, -0.15) is 15.0 Å². The summed E-state index contributed by atoms with van der Waals surface area (Å²) in [7, 11) is 0. The molecule has 0 aliphatic carbocycles. The minimum atomic E-state index is -0.699. The van der Waals surface area contributed by atoms with Crippen molar-refractivity contribution in [1.29, 1.82) is 0 Å². The number of aromatic nitrogens is 5. The van der Waals surface area contributed by atoms with Crippen LogP contribution in [0.2, 0.25) is 0 Å². The minimum absolute atomic E-state index is 0.145. The van der Waals surface area contributed by atoms with E-state index in [-0.39, 0.29) is 49.4 Å². The largest absolute Gasteiger partial charge is 0.278 e. The average molecular weight is 808 g/mol. The van der Waals surface area contributed by atoms with Gasteiger partial charge in [0.2, 0.25) is 11.9 Å². The van der Waals surface area contributed by atoms with E-state index in [2.05, 4.69) is 60.7 Å². The van der Waals surface area contributed by atoms with Gasteiger partial charge < -0.3 is 0 Å². The van der Waals surface area contributed by atoms with Gasteiger partial charge in [0.25, 0.3) is 0 Å². The van der Waals surface area contributed by atoms with E-state index in [0.29, 0.717) is 11.1 Å². The molecule has 290 valence electrons. The molecule has 5 nitrogen and oxygen atoms in total. The number of rotatable bonds is 7. The third-order valence-electron chi connectivity index (χ3n) is 10.9. The summed E-state index contributed by atoms with van der Waals surface area (Å²) < 4.78 is 145. The molecule has 0 spiro atoms. The van der Waals surface area contributed by atoms with E-state index in [1.165, 1.54) is 0 Å². The van der Waals surface area contributed by atoms with Crippen LogP contribution in [0.4, 0.5) is 0 Å². The normalized spacial score (nSPS) is 15.2. The van der Waals surface area contributed by atoms with Crippen LogP contribution in [0.15, 0.2) is 224 Å². The molecule has 0 aliphatic rings. The molecule has 3 aromatic heterocycles. The van der Waals surface area contributed by atoms with Crippen molar-refractivity contribution < 1.29 is 21.9 Å². The molecule has 0 amide bonds. The van der Waals surface area contributed by atoms with Gasteiger partial charge in [-0.3, -0.25) is 9.13 Å². The zero-order valence-electron chi connectivity index (χ0n) is 48.4. The quantitative estimate of drug-likeness (QED) is 0.161. The number of fused-ring (bicyclic) bond motifs is 6. The van der Waals surface area contributed by atoms with E-state index in [1.54, 1.807) is 18.2 Å². The smallest absolute Gasteiger partial charge is 0.240 e. The van der Waals surface area contributed by atoms with Crippen molar-refractivity contribution in [3.8, 4) is 67.8 Å². The van der Waals surface area contributed by atoms with Crippen molar-refractivity contribution in [2.45, 2.75) is 0 Å². The van der Waals surface area contributed by atoms with Gasteiger partial charge in [0.15, 0.2) is 5.82 Å². The van der Waals surface area contributed by atoms with Crippen LogP contribution in [0.1, 0.15) is 21.9 Å². The molecule has 0 atom stereocenters. The van der Waals surface area contributed by atoms with E-state index in [0.717, 1.165) is 48.1 Å². The first-order valence-corrected chi connectivity index (χ1v) is 19.6. The Morgan fingerprint density at radius 2 is 0.597 bits per heavy atom. The first-order chi connectivity index (χ1) is 37.4. The van der Waals surface area contributed by atoms with Gasteiger partial charge in [-0.1, -0.05) is 188 Å². The van der Waals surface area contributed by atoms with Crippen LogP contribution in [-0.4, -0.2) is 24.1 Å². The van der Waals surface area contributed by atoms with Gasteiger partial charge in [0, 0.05) is 27.1 Å². The van der Waals surface area contributed by atoms with Gasteiger partial charge in [-0.25, -0.2) is 0 Å². The van der Waals surface area contributed by atoms with E-state index < -0.39 is 109 Å². The summed E-state index contributed by atoms with van der Waals surface area (Å²) >= 11 is 0. The SMILES string of the molecule is [2H]c1c([2H])c([2H])c2c(c1[2H])c1c([2H])c([2H])c([2H])c([2H])c1n2-c1nc(-c2cccc(-c3cccc(-c4ccc(-c5ccc(-c6ccccc6)cc5)cc4)c3)c2)nc(-n2c3c([2H])c([2H])c([2H])c([2H])c3c3c([2H])c([2H])c([2H])c([2H])c32)n1. The number of hydrogen-bond acceptors (Lipinski definition) is 3. The molecule has 12 rings (SSSR count). The Labute approximate surface area is 381 Å². The van der Waals surface area contributed by atoms with Crippen molar-refractivity contribution in [2.75, 3.05) is 0 Å². The Bertz CT molecular complexity index is 4230. The fourth-order valence-electron chi connectivity index (χ4n) is 7.98. The molecule has 0 bridgehead atoms. The second-order valence-electron chi connectivity index (χ2n) is 14.5. The zero-order chi connectivity index (χ0) is 54.9. The lowest BCUT2D eigenvalue weighted by molar-refractivity contribution is 0.893. The molecule has 3 heterocycles. The molecular formula is C57H37N5. The van der Waals surface area contributed by atoms with Crippen molar-refractivity contribution in [1.82, 2.24) is 24.1 Å². The number of nitrogens with zero attached hydrogens (tertiary/aromatic N) is 5. The Morgan fingerprint density at radius 3 is 1.02 bits per heavy atom. The summed E-state index contributed by atoms with van der Waals surface area (Å²) in [4.78, 5) is 14.6. The second-order valence-corrected chi connectivity index (χ2v) is 14.5. The maximum atomic E-state index is 9.23. The van der Waals surface area contributed by atoms with E-state index in [1.807, 2.05) is 48.5 Å². The maximum Gasteiger partial charge on any atom is 0.240 e. The molecule has 0 saturated heterocycles. The molecule has 0 saturated carbocycles. The highest BCUT2D eigenvalue weighted by Crippen LogP contribution is 2.36. The highest BCUT2D eigenvalue weighted by molar-refractivity contribution is 6.10. The van der Waals surface area contributed by atoms with E-state index in [9.17, 15) is 5.48 Å². The van der Waals surface area contributed by atoms with Crippen LogP contribution in [0.3, 0.4) is 0 Å². The molecule has 0 fully saturated rings. The Balaban J connectivity index is 1.08. The number of benzene rings is 9. The van der Waals surface area contributed by atoms with Crippen LogP contribution >= 0.6 is 0 Å². The lowest BCUT2D eigenvalue weighted by Crippen LogP contribution is -2.10. The van der Waals surface area contributed by atoms with Crippen LogP contribution in [0.5, 0.6) is 0 Å². The van der Waals surface area contributed by atoms with Crippen LogP contribution in [0, 0.1) is 0 Å². The summed E-state index contributed by atoms with van der Waals surface area (Å²) in [6.45, 7) is 0. The monoisotopic (exact) mass is 807 g/mol. The van der Waals surface area contributed by atoms with Gasteiger partial charge >= 0.3 is 0 Å². The average Bonchev–Trinajstić information content (AvgIpc) is 4.24. The van der Waals surface area contributed by atoms with Crippen molar-refractivity contribution in [3.05, 3.63) is 224 Å². The summed E-state index contributed by atoms with van der Waals surface area (Å²) in [5, 5.41) is -1.05. The molecule has 9 aromatic carbocycles. The second kappa shape index (κ2) is 14.7. The molecule has 0 unspecified atom stereocenters. The summed E-state index contributed by atoms with van der Waals surface area (Å²) in [6, 6.07) is 31.2. The van der Waals surface area contributed by atoms with Crippen molar-refractivity contribution >= 4 is 43.6 Å². The molecule has 5 heteroatoms. The first-order valence-electron chi connectivity index (χ1n) is 27.6. The summed E-state index contributed by atoms with van der Waals surface area (Å²) in [5.74, 6) is -1.08. The standard InChI is InChI=1S/C57H37N5/c1-2-14-38(15-3-1)39-28-30-40(31-29-39)41-32-34-42(35-33-41)43-16-12-17-44(36-43)45-18-13-19-46(37-45)55-58-56(61-51-24-8-4-20-47(51)48-21-5-9-25-52(48)61)60-57(59-55)62-53-26-10-6-22-49(53)50-23-7-11-27-54(50)62/h1-37H/i4D,5D,6D,7D,8D,9D,10D,11D,20D,21D,22D,23D,24D,25D,26D,27D. The fourth-order valence-corrected chi connectivity index (χ4v) is 7.98. The third kappa shape index (κ3) is 6.06. The van der Waals surface area contributed by atoms with Crippen molar-refractivity contribution in [2.24, 2.45) is 0 Å². The van der Waals surface area contributed by atoms with Gasteiger partial charge in [-0.15, -0.1) is 0 Å². The lowest BCUT2D eigenvalue weighted by atomic mass is 9.96. The molecular weight excluding hydrogens is 755 g/mol.